The Bertz CT molecular complexity index is 410. The van der Waals surface area contributed by atoms with Gasteiger partial charge in [-0.15, -0.1) is 0 Å². The third kappa shape index (κ3) is 5.48. The van der Waals surface area contributed by atoms with Crippen molar-refractivity contribution in [2.45, 2.75) is 6.42 Å². The Morgan fingerprint density at radius 3 is 2.84 bits per heavy atom. The summed E-state index contributed by atoms with van der Waals surface area (Å²) in [4.78, 5) is 11.5. The summed E-state index contributed by atoms with van der Waals surface area (Å²) >= 11 is 0. The molecule has 0 fully saturated rings. The number of carbonyl (C=O) groups excluding carboxylic acids is 1. The molecule has 0 aliphatic rings. The normalized spacial score (nSPS) is 10.0. The largest absolute Gasteiger partial charge is 0.497 e. The van der Waals surface area contributed by atoms with Crippen molar-refractivity contribution < 1.29 is 19.0 Å². The number of ether oxygens (including phenoxy) is 3. The fraction of sp³-hybridized carbons (Fsp3) is 0.462. The molecule has 1 rings (SSSR count). The van der Waals surface area contributed by atoms with E-state index in [2.05, 4.69) is 5.32 Å². The number of benzene rings is 1. The molecule has 0 atom stereocenters. The van der Waals surface area contributed by atoms with Crippen molar-refractivity contribution in [2.24, 2.45) is 0 Å². The average Bonchev–Trinajstić information content (AvgIpc) is 2.43. The maximum absolute atomic E-state index is 11.5. The molecule has 0 unspecified atom stereocenters. The summed E-state index contributed by atoms with van der Waals surface area (Å²) in [5.74, 6) is 0.870. The summed E-state index contributed by atoms with van der Waals surface area (Å²) in [6, 6.07) is 5.05. The van der Waals surface area contributed by atoms with Crippen molar-refractivity contribution in [3.05, 3.63) is 18.2 Å². The summed E-state index contributed by atoms with van der Waals surface area (Å²) in [5.41, 5.74) is 6.21. The number of nitrogen functional groups attached to an aromatic ring is 1. The molecule has 0 bridgehead atoms. The smallest absolute Gasteiger partial charge is 0.257 e. The zero-order chi connectivity index (χ0) is 14.1. The monoisotopic (exact) mass is 268 g/mol. The van der Waals surface area contributed by atoms with Crippen LogP contribution in [-0.2, 0) is 9.53 Å². The highest BCUT2D eigenvalue weighted by Gasteiger charge is 2.06. The van der Waals surface area contributed by atoms with E-state index in [1.807, 2.05) is 0 Å². The zero-order valence-electron chi connectivity index (χ0n) is 11.3. The predicted molar refractivity (Wildman–Crippen MR) is 72.4 cm³/mol. The fourth-order valence-electron chi connectivity index (χ4n) is 1.41. The molecule has 0 aliphatic heterocycles. The summed E-state index contributed by atoms with van der Waals surface area (Å²) in [7, 11) is 3.17. The highest BCUT2D eigenvalue weighted by molar-refractivity contribution is 5.77. The predicted octanol–water partition coefficient (Wildman–Crippen LogP) is 0.809. The van der Waals surface area contributed by atoms with Gasteiger partial charge in [0.1, 0.15) is 11.5 Å². The van der Waals surface area contributed by atoms with Crippen LogP contribution in [-0.4, -0.2) is 39.9 Å². The standard InChI is InChI=1S/C13H20N2O4/c1-17-7-3-6-15-13(16)9-19-12-8-10(18-2)4-5-11(12)14/h4-5,8H,3,6-7,9,14H2,1-2H3,(H,15,16). The van der Waals surface area contributed by atoms with Gasteiger partial charge in [-0.25, -0.2) is 0 Å². The molecule has 6 heteroatoms. The number of carbonyl (C=O) groups is 1. The molecule has 0 heterocycles. The SMILES string of the molecule is COCCCNC(=O)COc1cc(OC)ccc1N. The molecule has 19 heavy (non-hydrogen) atoms. The van der Waals surface area contributed by atoms with E-state index in [0.717, 1.165) is 6.42 Å². The molecule has 0 aliphatic carbocycles. The van der Waals surface area contributed by atoms with E-state index >= 15 is 0 Å². The van der Waals surface area contributed by atoms with E-state index in [-0.39, 0.29) is 12.5 Å². The second-order valence-corrected chi connectivity index (χ2v) is 3.89. The zero-order valence-corrected chi connectivity index (χ0v) is 11.3. The lowest BCUT2D eigenvalue weighted by atomic mass is 10.3. The Balaban J connectivity index is 2.37. The second kappa shape index (κ2) is 8.20. The van der Waals surface area contributed by atoms with Gasteiger partial charge >= 0.3 is 0 Å². The Morgan fingerprint density at radius 1 is 1.37 bits per heavy atom. The van der Waals surface area contributed by atoms with Gasteiger partial charge in [0.05, 0.1) is 12.8 Å². The van der Waals surface area contributed by atoms with Gasteiger partial charge in [0, 0.05) is 26.3 Å². The van der Waals surface area contributed by atoms with Crippen molar-refractivity contribution >= 4 is 11.6 Å². The molecule has 1 aromatic rings. The molecular formula is C13H20N2O4. The number of nitrogens with two attached hydrogens (primary N) is 1. The van der Waals surface area contributed by atoms with Crippen LogP contribution < -0.4 is 20.5 Å². The first kappa shape index (κ1) is 15.1. The lowest BCUT2D eigenvalue weighted by Gasteiger charge is -2.10. The number of nitrogens with one attached hydrogen (secondary N) is 1. The Morgan fingerprint density at radius 2 is 2.16 bits per heavy atom. The van der Waals surface area contributed by atoms with Crippen LogP contribution >= 0.6 is 0 Å². The molecule has 3 N–H and O–H groups in total. The summed E-state index contributed by atoms with van der Waals surface area (Å²) in [6.07, 6.45) is 0.767. The average molecular weight is 268 g/mol. The first-order valence-corrected chi connectivity index (χ1v) is 5.99. The van der Waals surface area contributed by atoms with E-state index in [1.54, 1.807) is 32.4 Å². The van der Waals surface area contributed by atoms with Crippen LogP contribution in [0.25, 0.3) is 0 Å². The third-order valence-electron chi connectivity index (χ3n) is 2.43. The quantitative estimate of drug-likeness (QED) is 0.538. The van der Waals surface area contributed by atoms with Gasteiger partial charge in [-0.1, -0.05) is 0 Å². The van der Waals surface area contributed by atoms with Gasteiger partial charge in [0.15, 0.2) is 6.61 Å². The number of hydrogen-bond acceptors (Lipinski definition) is 5. The minimum absolute atomic E-state index is 0.0790. The van der Waals surface area contributed by atoms with E-state index in [4.69, 9.17) is 19.9 Å². The van der Waals surface area contributed by atoms with Gasteiger partial charge in [-0.05, 0) is 18.6 Å². The highest BCUT2D eigenvalue weighted by atomic mass is 16.5. The topological polar surface area (TPSA) is 82.8 Å². The van der Waals surface area contributed by atoms with E-state index < -0.39 is 0 Å². The van der Waals surface area contributed by atoms with E-state index in [0.29, 0.717) is 30.3 Å². The van der Waals surface area contributed by atoms with Crippen LogP contribution in [0, 0.1) is 0 Å². The maximum Gasteiger partial charge on any atom is 0.257 e. The maximum atomic E-state index is 11.5. The highest BCUT2D eigenvalue weighted by Crippen LogP contribution is 2.26. The molecule has 0 saturated heterocycles. The second-order valence-electron chi connectivity index (χ2n) is 3.89. The lowest BCUT2D eigenvalue weighted by Crippen LogP contribution is -2.30. The summed E-state index contributed by atoms with van der Waals surface area (Å²) in [5, 5.41) is 2.72. The van der Waals surface area contributed by atoms with Crippen molar-refractivity contribution in [1.82, 2.24) is 5.32 Å². The van der Waals surface area contributed by atoms with Crippen molar-refractivity contribution in [2.75, 3.05) is 39.7 Å². The number of rotatable bonds is 8. The molecular weight excluding hydrogens is 248 g/mol. The lowest BCUT2D eigenvalue weighted by molar-refractivity contribution is -0.123. The van der Waals surface area contributed by atoms with Gasteiger partial charge < -0.3 is 25.3 Å². The third-order valence-corrected chi connectivity index (χ3v) is 2.43. The van der Waals surface area contributed by atoms with Crippen molar-refractivity contribution in [3.8, 4) is 11.5 Å². The molecule has 0 saturated carbocycles. The van der Waals surface area contributed by atoms with Crippen LogP contribution in [0.15, 0.2) is 18.2 Å². The van der Waals surface area contributed by atoms with Crippen LogP contribution in [0.5, 0.6) is 11.5 Å². The molecule has 1 amide bonds. The van der Waals surface area contributed by atoms with E-state index in [1.165, 1.54) is 0 Å². The van der Waals surface area contributed by atoms with Crippen molar-refractivity contribution in [3.63, 3.8) is 0 Å². The van der Waals surface area contributed by atoms with Crippen molar-refractivity contribution in [1.29, 1.82) is 0 Å². The molecule has 0 aromatic heterocycles. The Hall–Kier alpha value is -1.95. The number of anilines is 1. The fourth-order valence-corrected chi connectivity index (χ4v) is 1.41. The minimum atomic E-state index is -0.196. The molecule has 1 aromatic carbocycles. The number of methoxy groups -OCH3 is 2. The minimum Gasteiger partial charge on any atom is -0.497 e. The summed E-state index contributed by atoms with van der Waals surface area (Å²) < 4.78 is 15.3. The van der Waals surface area contributed by atoms with E-state index in [9.17, 15) is 4.79 Å². The number of hydrogen-bond donors (Lipinski definition) is 2. The first-order chi connectivity index (χ1) is 9.17. The Kier molecular flexibility index (Phi) is 6.52. The van der Waals surface area contributed by atoms with Gasteiger partial charge in [0.25, 0.3) is 5.91 Å². The van der Waals surface area contributed by atoms with Gasteiger partial charge in [-0.3, -0.25) is 4.79 Å². The van der Waals surface area contributed by atoms with Gasteiger partial charge in [-0.2, -0.15) is 0 Å². The molecule has 6 nitrogen and oxygen atoms in total. The molecule has 0 radical (unpaired) electrons. The Labute approximate surface area is 112 Å². The number of amides is 1. The molecule has 106 valence electrons. The van der Waals surface area contributed by atoms with Crippen LogP contribution in [0.2, 0.25) is 0 Å². The van der Waals surface area contributed by atoms with Crippen LogP contribution in [0.3, 0.4) is 0 Å². The first-order valence-electron chi connectivity index (χ1n) is 5.99. The van der Waals surface area contributed by atoms with Crippen LogP contribution in [0.4, 0.5) is 5.69 Å². The summed E-state index contributed by atoms with van der Waals surface area (Å²) in [6.45, 7) is 1.10. The van der Waals surface area contributed by atoms with Crippen LogP contribution in [0.1, 0.15) is 6.42 Å². The molecule has 0 spiro atoms. The van der Waals surface area contributed by atoms with Gasteiger partial charge in [0.2, 0.25) is 0 Å².